The SMILES string of the molecule is CO[C@@]1(NC(=O)OCc2ccccc2)C(=O)N(C(C(=O)O)=P(c2ccccc2)(c2ccccc2)c2ccccc2)[C@@H]1OCC(=O)CBr. The standard InChI is InChI=1S/C35H32BrN2O8P/c1-44-35(37-34(43)46-23-25-14-6-2-7-15-25)32(42)38(33(35)45-24-26(39)22-36)30(31(40)41)47(27-16-8-3-9-17-27,28-18-10-4-11-19-28)29-20-12-5-13-21-29/h2-21,33H,22-24H2,1H3,(H,37,43)(H,40,41)/t33-,35+/m1/s1. The van der Waals surface area contributed by atoms with E-state index in [0.29, 0.717) is 21.5 Å². The third-order valence-electron chi connectivity index (χ3n) is 7.66. The van der Waals surface area contributed by atoms with Crippen molar-refractivity contribution in [2.24, 2.45) is 0 Å². The van der Waals surface area contributed by atoms with E-state index in [4.69, 9.17) is 14.2 Å². The summed E-state index contributed by atoms with van der Waals surface area (Å²) >= 11 is 3.11. The monoisotopic (exact) mass is 718 g/mol. The van der Waals surface area contributed by atoms with Crippen LogP contribution in [-0.2, 0) is 35.2 Å². The first-order valence-corrected chi connectivity index (χ1v) is 17.4. The van der Waals surface area contributed by atoms with Crippen LogP contribution in [0, 0.1) is 0 Å². The molecule has 2 N–H and O–H groups in total. The molecule has 5 rings (SSSR count). The number of rotatable bonds is 13. The van der Waals surface area contributed by atoms with Crippen LogP contribution in [0.15, 0.2) is 121 Å². The number of ether oxygens (including phenoxy) is 3. The Morgan fingerprint density at radius 3 is 1.72 bits per heavy atom. The van der Waals surface area contributed by atoms with Crippen molar-refractivity contribution in [1.82, 2.24) is 10.2 Å². The van der Waals surface area contributed by atoms with E-state index in [0.717, 1.165) is 4.90 Å². The van der Waals surface area contributed by atoms with Crippen LogP contribution in [0.25, 0.3) is 0 Å². The Hall–Kier alpha value is -4.54. The number of halogens is 1. The Morgan fingerprint density at radius 2 is 1.30 bits per heavy atom. The summed E-state index contributed by atoms with van der Waals surface area (Å²) in [7, 11) is 1.18. The van der Waals surface area contributed by atoms with Crippen molar-refractivity contribution in [2.75, 3.05) is 19.0 Å². The van der Waals surface area contributed by atoms with Gasteiger partial charge in [0.25, 0.3) is 11.6 Å². The Kier molecular flexibility index (Phi) is 10.7. The fraction of sp³-hybridized carbons (Fsp3) is 0.171. The van der Waals surface area contributed by atoms with Gasteiger partial charge in [-0.2, -0.15) is 0 Å². The van der Waals surface area contributed by atoms with Gasteiger partial charge in [0, 0.05) is 14.0 Å². The third kappa shape index (κ3) is 6.53. The number of β-lactam (4-membered cyclic amide) rings is 1. The predicted octanol–water partition coefficient (Wildman–Crippen LogP) is 3.61. The molecule has 1 aliphatic heterocycles. The fourth-order valence-corrected chi connectivity index (χ4v) is 10.0. The van der Waals surface area contributed by atoms with Gasteiger partial charge in [0.2, 0.25) is 0 Å². The first-order chi connectivity index (χ1) is 22.8. The van der Waals surface area contributed by atoms with Gasteiger partial charge in [-0.15, -0.1) is 0 Å². The van der Waals surface area contributed by atoms with E-state index < -0.39 is 43.4 Å². The van der Waals surface area contributed by atoms with Crippen molar-refractivity contribution in [3.8, 4) is 0 Å². The summed E-state index contributed by atoms with van der Waals surface area (Å²) in [5.41, 5.74) is -1.79. The molecule has 2 amide bonds. The molecule has 0 radical (unpaired) electrons. The molecule has 1 saturated heterocycles. The van der Waals surface area contributed by atoms with Crippen LogP contribution in [0.4, 0.5) is 4.79 Å². The number of carbonyl (C=O) groups is 4. The van der Waals surface area contributed by atoms with Crippen molar-refractivity contribution >= 4 is 67.9 Å². The van der Waals surface area contributed by atoms with Crippen LogP contribution >= 0.6 is 22.8 Å². The highest BCUT2D eigenvalue weighted by atomic mass is 79.9. The summed E-state index contributed by atoms with van der Waals surface area (Å²) in [4.78, 5) is 54.7. The number of methoxy groups -OCH3 is 1. The summed E-state index contributed by atoms with van der Waals surface area (Å²) in [5.74, 6) is -2.68. The third-order valence-corrected chi connectivity index (χ3v) is 12.5. The van der Waals surface area contributed by atoms with E-state index in [1.807, 2.05) is 60.7 Å². The lowest BCUT2D eigenvalue weighted by molar-refractivity contribution is -0.243. The van der Waals surface area contributed by atoms with Crippen molar-refractivity contribution in [2.45, 2.75) is 18.6 Å². The van der Waals surface area contributed by atoms with Crippen LogP contribution in [-0.4, -0.2) is 70.2 Å². The first-order valence-electron chi connectivity index (χ1n) is 14.5. The molecule has 1 heterocycles. The number of carboxylic acids is 1. The quantitative estimate of drug-likeness (QED) is 0.0929. The summed E-state index contributed by atoms with van der Waals surface area (Å²) < 4.78 is 17.0. The number of ketones is 1. The zero-order chi connectivity index (χ0) is 33.4. The number of aliphatic carboxylic acids is 1. The van der Waals surface area contributed by atoms with E-state index in [1.165, 1.54) is 7.11 Å². The van der Waals surface area contributed by atoms with Gasteiger partial charge in [-0.3, -0.25) is 19.8 Å². The smallest absolute Gasteiger partial charge is 0.410 e. The van der Waals surface area contributed by atoms with Gasteiger partial charge in [-0.1, -0.05) is 137 Å². The highest BCUT2D eigenvalue weighted by Crippen LogP contribution is 2.49. The summed E-state index contributed by atoms with van der Waals surface area (Å²) in [5, 5.41) is 15.5. The molecule has 0 spiro atoms. The first kappa shape index (κ1) is 33.8. The molecule has 0 bridgehead atoms. The Bertz CT molecular complexity index is 1690. The maximum atomic E-state index is 14.4. The summed E-state index contributed by atoms with van der Waals surface area (Å²) in [6.07, 6.45) is -2.56. The topological polar surface area (TPSA) is 131 Å². The maximum absolute atomic E-state index is 14.4. The molecule has 2 atom stereocenters. The van der Waals surface area contributed by atoms with E-state index in [-0.39, 0.29) is 23.1 Å². The largest absolute Gasteiger partial charge is 0.477 e. The molecule has 242 valence electrons. The molecule has 0 aliphatic carbocycles. The summed E-state index contributed by atoms with van der Waals surface area (Å²) in [6.45, 7) is -3.99. The average molecular weight is 720 g/mol. The normalized spacial score (nSPS) is 17.4. The zero-order valence-corrected chi connectivity index (χ0v) is 27.8. The molecule has 0 saturated carbocycles. The van der Waals surface area contributed by atoms with E-state index in [2.05, 4.69) is 21.2 Å². The molecule has 4 aromatic rings. The lowest BCUT2D eigenvalue weighted by atomic mass is 9.99. The molecule has 47 heavy (non-hydrogen) atoms. The second-order valence-corrected chi connectivity index (χ2v) is 14.3. The van der Waals surface area contributed by atoms with Crippen LogP contribution in [0.3, 0.4) is 0 Å². The summed E-state index contributed by atoms with van der Waals surface area (Å²) in [6, 6.07) is 36.2. The Morgan fingerprint density at radius 1 is 0.830 bits per heavy atom. The number of benzene rings is 4. The van der Waals surface area contributed by atoms with Crippen molar-refractivity contribution < 1.29 is 38.5 Å². The van der Waals surface area contributed by atoms with Crippen LogP contribution in [0.2, 0.25) is 0 Å². The second kappa shape index (κ2) is 14.9. The van der Waals surface area contributed by atoms with E-state index in [1.54, 1.807) is 60.7 Å². The van der Waals surface area contributed by atoms with Crippen LogP contribution in [0.1, 0.15) is 5.56 Å². The fourth-order valence-electron chi connectivity index (χ4n) is 5.56. The second-order valence-electron chi connectivity index (χ2n) is 10.4. The van der Waals surface area contributed by atoms with Crippen molar-refractivity contribution in [3.63, 3.8) is 0 Å². The molecule has 10 nitrogen and oxygen atoms in total. The predicted molar refractivity (Wildman–Crippen MR) is 183 cm³/mol. The van der Waals surface area contributed by atoms with Gasteiger partial charge in [-0.05, 0) is 21.5 Å². The van der Waals surface area contributed by atoms with E-state index in [9.17, 15) is 24.3 Å². The average Bonchev–Trinajstić information content (AvgIpc) is 3.12. The number of carboxylic acid groups (broad SMARTS) is 1. The van der Waals surface area contributed by atoms with Crippen LogP contribution < -0.4 is 21.2 Å². The molecular weight excluding hydrogens is 687 g/mol. The van der Waals surface area contributed by atoms with Gasteiger partial charge in [0.15, 0.2) is 12.0 Å². The van der Waals surface area contributed by atoms with Crippen LogP contribution in [0.5, 0.6) is 0 Å². The number of alkyl halides is 1. The van der Waals surface area contributed by atoms with Gasteiger partial charge < -0.3 is 19.3 Å². The minimum atomic E-state index is -3.38. The Balaban J connectivity index is 1.72. The van der Waals surface area contributed by atoms with Gasteiger partial charge in [0.1, 0.15) is 18.6 Å². The molecule has 0 unspecified atom stereocenters. The molecule has 4 aromatic carbocycles. The minimum Gasteiger partial charge on any atom is -0.477 e. The number of alkyl carbamates (subject to hydrolysis) is 1. The van der Waals surface area contributed by atoms with Gasteiger partial charge >= 0.3 is 12.1 Å². The molecule has 1 aliphatic rings. The number of amides is 2. The molecule has 0 aromatic heterocycles. The highest BCUT2D eigenvalue weighted by Gasteiger charge is 2.67. The molecule has 12 heteroatoms. The number of hydrogen-bond donors (Lipinski definition) is 2. The van der Waals surface area contributed by atoms with E-state index >= 15 is 0 Å². The number of likely N-dealkylation sites (tertiary alicyclic amines) is 1. The Labute approximate surface area is 280 Å². The maximum Gasteiger partial charge on any atom is 0.410 e. The van der Waals surface area contributed by atoms with Gasteiger partial charge in [-0.25, -0.2) is 9.59 Å². The zero-order valence-electron chi connectivity index (χ0n) is 25.3. The number of Topliss-reactive ketones (excluding diaryl/α,β-unsaturated/α-hetero) is 1. The minimum absolute atomic E-state index is 0.0509. The van der Waals surface area contributed by atoms with Gasteiger partial charge in [0.05, 0.1) is 5.33 Å². The number of hydrogen-bond acceptors (Lipinski definition) is 7. The number of carbonyl (C=O) groups excluding carboxylic acids is 3. The van der Waals surface area contributed by atoms with Crippen molar-refractivity contribution in [1.29, 1.82) is 0 Å². The molecular formula is C35H32BrN2O8P. The lowest BCUT2D eigenvalue weighted by Crippen LogP contribution is -2.83. The highest BCUT2D eigenvalue weighted by molar-refractivity contribution is 9.09. The lowest BCUT2D eigenvalue weighted by Gasteiger charge is -2.54. The number of nitrogens with zero attached hydrogens (tertiary/aromatic N) is 1. The number of nitrogens with one attached hydrogen (secondary N) is 1. The molecule has 1 fully saturated rings. The van der Waals surface area contributed by atoms with Crippen molar-refractivity contribution in [3.05, 3.63) is 127 Å².